The van der Waals surface area contributed by atoms with Gasteiger partial charge < -0.3 is 14.8 Å². The number of nitrogens with one attached hydrogen (secondary N) is 1. The minimum Gasteiger partial charge on any atom is -0.494 e. The highest BCUT2D eigenvalue weighted by Gasteiger charge is 2.36. The molecule has 0 unspecified atom stereocenters. The molecule has 22 heavy (non-hydrogen) atoms. The van der Waals surface area contributed by atoms with Crippen molar-refractivity contribution >= 4 is 5.91 Å². The second kappa shape index (κ2) is 6.22. The average Bonchev–Trinajstić information content (AvgIpc) is 2.88. The summed E-state index contributed by atoms with van der Waals surface area (Å²) in [5.74, 6) is -0.637. The molecule has 1 aromatic carbocycles. The van der Waals surface area contributed by atoms with E-state index in [0.717, 1.165) is 19.5 Å². The van der Waals surface area contributed by atoms with E-state index in [9.17, 15) is 9.18 Å². The summed E-state index contributed by atoms with van der Waals surface area (Å²) in [6, 6.07) is 4.70. The summed E-state index contributed by atoms with van der Waals surface area (Å²) in [6.07, 6.45) is 1.11. The van der Waals surface area contributed by atoms with Crippen LogP contribution in [-0.4, -0.2) is 55.8 Å². The Bertz CT molecular complexity index is 566. The highest BCUT2D eigenvalue weighted by atomic mass is 19.1. The first-order valence-electron chi connectivity index (χ1n) is 7.57. The van der Waals surface area contributed by atoms with Gasteiger partial charge in [-0.05, 0) is 31.5 Å². The number of amides is 1. The summed E-state index contributed by atoms with van der Waals surface area (Å²) in [5.41, 5.74) is 0.313. The molecule has 3 atom stereocenters. The van der Waals surface area contributed by atoms with Crippen LogP contribution in [-0.2, 0) is 4.74 Å². The fraction of sp³-hybridized carbons (Fsp3) is 0.562. The second-order valence-corrected chi connectivity index (χ2v) is 6.01. The number of nitrogens with zero attached hydrogens (tertiary/aromatic N) is 1. The van der Waals surface area contributed by atoms with Crippen LogP contribution in [0.15, 0.2) is 18.2 Å². The van der Waals surface area contributed by atoms with Crippen LogP contribution in [0.2, 0.25) is 0 Å². The number of carbonyl (C=O) groups excluding carboxylic acids is 1. The van der Waals surface area contributed by atoms with Crippen molar-refractivity contribution in [1.82, 2.24) is 10.2 Å². The summed E-state index contributed by atoms with van der Waals surface area (Å²) >= 11 is 0. The summed E-state index contributed by atoms with van der Waals surface area (Å²) in [7, 11) is 1.40. The summed E-state index contributed by atoms with van der Waals surface area (Å²) < 4.78 is 24.2. The highest BCUT2D eigenvalue weighted by molar-refractivity contribution is 5.94. The number of methoxy groups -OCH3 is 1. The number of halogens is 1. The van der Waals surface area contributed by atoms with E-state index in [-0.39, 0.29) is 23.8 Å². The van der Waals surface area contributed by atoms with Crippen molar-refractivity contribution in [3.63, 3.8) is 0 Å². The van der Waals surface area contributed by atoms with Gasteiger partial charge in [0.2, 0.25) is 0 Å². The third-order valence-electron chi connectivity index (χ3n) is 4.34. The van der Waals surface area contributed by atoms with Gasteiger partial charge in [-0.3, -0.25) is 9.69 Å². The monoisotopic (exact) mass is 308 g/mol. The minimum absolute atomic E-state index is 0.0802. The number of fused-ring (bicyclic) bond motifs is 1. The molecule has 0 saturated carbocycles. The molecule has 120 valence electrons. The van der Waals surface area contributed by atoms with Crippen LogP contribution >= 0.6 is 0 Å². The number of ether oxygens (including phenoxy) is 2. The van der Waals surface area contributed by atoms with Crippen molar-refractivity contribution < 1.29 is 18.7 Å². The van der Waals surface area contributed by atoms with Gasteiger partial charge in [0.25, 0.3) is 5.91 Å². The molecule has 2 fully saturated rings. The molecule has 3 rings (SSSR count). The van der Waals surface area contributed by atoms with E-state index in [0.29, 0.717) is 18.2 Å². The molecule has 2 aliphatic rings. The number of carbonyl (C=O) groups is 1. The Balaban J connectivity index is 1.61. The van der Waals surface area contributed by atoms with Crippen molar-refractivity contribution in [1.29, 1.82) is 0 Å². The molecule has 0 radical (unpaired) electrons. The Morgan fingerprint density at radius 3 is 3.00 bits per heavy atom. The Morgan fingerprint density at radius 2 is 2.27 bits per heavy atom. The smallest absolute Gasteiger partial charge is 0.251 e. The molecule has 2 heterocycles. The van der Waals surface area contributed by atoms with Gasteiger partial charge in [-0.25, -0.2) is 4.39 Å². The third kappa shape index (κ3) is 3.08. The van der Waals surface area contributed by atoms with Gasteiger partial charge >= 0.3 is 0 Å². The van der Waals surface area contributed by atoms with Crippen molar-refractivity contribution in [2.75, 3.05) is 26.8 Å². The molecular weight excluding hydrogens is 287 g/mol. The van der Waals surface area contributed by atoms with Crippen LogP contribution in [0.5, 0.6) is 5.75 Å². The molecule has 5 nitrogen and oxygen atoms in total. The summed E-state index contributed by atoms with van der Waals surface area (Å²) in [5, 5.41) is 2.99. The average molecular weight is 308 g/mol. The van der Waals surface area contributed by atoms with Crippen LogP contribution in [0.4, 0.5) is 4.39 Å². The predicted molar refractivity (Wildman–Crippen MR) is 79.6 cm³/mol. The molecule has 1 N–H and O–H groups in total. The van der Waals surface area contributed by atoms with E-state index in [2.05, 4.69) is 17.1 Å². The number of hydrogen-bond acceptors (Lipinski definition) is 4. The van der Waals surface area contributed by atoms with Crippen LogP contribution in [0.1, 0.15) is 23.7 Å². The number of morpholine rings is 1. The Labute approximate surface area is 129 Å². The van der Waals surface area contributed by atoms with E-state index in [1.54, 1.807) is 6.07 Å². The zero-order chi connectivity index (χ0) is 15.7. The molecule has 1 aromatic rings. The first-order valence-corrected chi connectivity index (χ1v) is 7.57. The van der Waals surface area contributed by atoms with Crippen LogP contribution in [0.25, 0.3) is 0 Å². The predicted octanol–water partition coefficient (Wildman–Crippen LogP) is 1.43. The van der Waals surface area contributed by atoms with E-state index in [4.69, 9.17) is 9.47 Å². The Kier molecular flexibility index (Phi) is 4.31. The summed E-state index contributed by atoms with van der Waals surface area (Å²) in [6.45, 7) is 4.49. The molecule has 2 aliphatic heterocycles. The fourth-order valence-electron chi connectivity index (χ4n) is 3.22. The quantitative estimate of drug-likeness (QED) is 0.918. The van der Waals surface area contributed by atoms with Crippen LogP contribution in [0, 0.1) is 5.82 Å². The third-order valence-corrected chi connectivity index (χ3v) is 4.34. The lowest BCUT2D eigenvalue weighted by Gasteiger charge is -2.33. The molecule has 6 heteroatoms. The van der Waals surface area contributed by atoms with Gasteiger partial charge in [0.05, 0.1) is 19.8 Å². The second-order valence-electron chi connectivity index (χ2n) is 6.01. The van der Waals surface area contributed by atoms with Gasteiger partial charge in [-0.1, -0.05) is 0 Å². The van der Waals surface area contributed by atoms with Gasteiger partial charge in [0, 0.05) is 30.7 Å². The highest BCUT2D eigenvalue weighted by Crippen LogP contribution is 2.24. The van der Waals surface area contributed by atoms with Crippen molar-refractivity contribution in [3.05, 3.63) is 29.6 Å². The van der Waals surface area contributed by atoms with Gasteiger partial charge in [0.1, 0.15) is 0 Å². The maximum Gasteiger partial charge on any atom is 0.251 e. The first-order chi connectivity index (χ1) is 10.6. The van der Waals surface area contributed by atoms with Gasteiger partial charge in [-0.2, -0.15) is 0 Å². The zero-order valence-corrected chi connectivity index (χ0v) is 12.8. The van der Waals surface area contributed by atoms with Crippen molar-refractivity contribution in [2.45, 2.75) is 31.5 Å². The SMILES string of the molecule is COc1ccc(C(=O)N[C@@H]2C[C@H]3CO[C@H](C)CN3C2)cc1F. The van der Waals surface area contributed by atoms with E-state index >= 15 is 0 Å². The molecule has 0 aliphatic carbocycles. The van der Waals surface area contributed by atoms with Crippen molar-refractivity contribution in [3.8, 4) is 5.75 Å². The van der Waals surface area contributed by atoms with Gasteiger partial charge in [0.15, 0.2) is 11.6 Å². The van der Waals surface area contributed by atoms with Crippen LogP contribution < -0.4 is 10.1 Å². The van der Waals surface area contributed by atoms with E-state index in [1.807, 2.05) is 0 Å². The topological polar surface area (TPSA) is 50.8 Å². The van der Waals surface area contributed by atoms with E-state index in [1.165, 1.54) is 19.2 Å². The standard InChI is InChI=1S/C16H21FN2O3/c1-10-7-19-8-12(6-13(19)9-22-10)18-16(20)11-3-4-15(21-2)14(17)5-11/h3-5,10,12-13H,6-9H2,1-2H3,(H,18,20)/t10-,12-,13+/m1/s1. The molecule has 0 bridgehead atoms. The molecule has 2 saturated heterocycles. The lowest BCUT2D eigenvalue weighted by Crippen LogP contribution is -2.45. The zero-order valence-electron chi connectivity index (χ0n) is 12.8. The minimum atomic E-state index is -0.527. The normalized spacial score (nSPS) is 28.2. The number of hydrogen-bond donors (Lipinski definition) is 1. The summed E-state index contributed by atoms with van der Waals surface area (Å²) in [4.78, 5) is 14.6. The Morgan fingerprint density at radius 1 is 1.45 bits per heavy atom. The number of benzene rings is 1. The van der Waals surface area contributed by atoms with Crippen LogP contribution in [0.3, 0.4) is 0 Å². The fourth-order valence-corrected chi connectivity index (χ4v) is 3.22. The molecule has 1 amide bonds. The van der Waals surface area contributed by atoms with Crippen molar-refractivity contribution in [2.24, 2.45) is 0 Å². The van der Waals surface area contributed by atoms with E-state index < -0.39 is 5.82 Å². The maximum atomic E-state index is 13.7. The lowest BCUT2D eigenvalue weighted by molar-refractivity contribution is -0.0390. The molecule has 0 aromatic heterocycles. The molecule has 0 spiro atoms. The largest absolute Gasteiger partial charge is 0.494 e. The lowest BCUT2D eigenvalue weighted by atomic mass is 10.1. The molecular formula is C16H21FN2O3. The van der Waals surface area contributed by atoms with Gasteiger partial charge in [-0.15, -0.1) is 0 Å². The Hall–Kier alpha value is -1.66. The maximum absolute atomic E-state index is 13.7. The first kappa shape index (κ1) is 15.2. The number of rotatable bonds is 3.